The Morgan fingerprint density at radius 1 is 1.29 bits per heavy atom. The van der Waals surface area contributed by atoms with Crippen LogP contribution in [0.3, 0.4) is 0 Å². The van der Waals surface area contributed by atoms with Crippen molar-refractivity contribution in [3.05, 3.63) is 29.8 Å². The summed E-state index contributed by atoms with van der Waals surface area (Å²) >= 11 is 0. The molecule has 0 bridgehead atoms. The summed E-state index contributed by atoms with van der Waals surface area (Å²) in [5, 5.41) is 3.38. The number of esters is 1. The zero-order chi connectivity index (χ0) is 17.5. The molecular weight excluding hydrogens is 306 g/mol. The van der Waals surface area contributed by atoms with E-state index in [9.17, 15) is 4.79 Å². The Bertz CT molecular complexity index is 571. The van der Waals surface area contributed by atoms with Gasteiger partial charge in [0.05, 0.1) is 20.1 Å². The number of methoxy groups -OCH3 is 2. The van der Waals surface area contributed by atoms with E-state index in [2.05, 4.69) is 34.3 Å². The molecule has 2 rings (SSSR count). The fourth-order valence-electron chi connectivity index (χ4n) is 3.04. The fourth-order valence-corrected chi connectivity index (χ4v) is 3.04. The summed E-state index contributed by atoms with van der Waals surface area (Å²) in [5.41, 5.74) is 1.24. The first kappa shape index (κ1) is 18.1. The van der Waals surface area contributed by atoms with E-state index in [0.29, 0.717) is 6.54 Å². The van der Waals surface area contributed by atoms with Crippen LogP contribution < -0.4 is 10.1 Å². The van der Waals surface area contributed by atoms with E-state index in [4.69, 9.17) is 9.47 Å². The average molecular weight is 333 g/mol. The Morgan fingerprint density at radius 3 is 2.58 bits per heavy atom. The van der Waals surface area contributed by atoms with Gasteiger partial charge in [0.2, 0.25) is 0 Å². The van der Waals surface area contributed by atoms with Gasteiger partial charge in [-0.2, -0.15) is 0 Å². The summed E-state index contributed by atoms with van der Waals surface area (Å²) in [5.74, 6) is 1.73. The van der Waals surface area contributed by atoms with Crippen LogP contribution >= 0.6 is 0 Å². The van der Waals surface area contributed by atoms with Crippen LogP contribution in [0.25, 0.3) is 0 Å². The molecule has 0 radical (unpaired) electrons. The molecule has 0 spiro atoms. The highest BCUT2D eigenvalue weighted by Gasteiger charge is 2.36. The quantitative estimate of drug-likeness (QED) is 0.503. The van der Waals surface area contributed by atoms with E-state index in [1.165, 1.54) is 12.7 Å². The highest BCUT2D eigenvalue weighted by molar-refractivity contribution is 5.82. The molecule has 2 unspecified atom stereocenters. The number of benzene rings is 1. The van der Waals surface area contributed by atoms with Gasteiger partial charge in [0.1, 0.15) is 5.75 Å². The Balaban J connectivity index is 1.85. The first-order chi connectivity index (χ1) is 11.6. The van der Waals surface area contributed by atoms with Crippen molar-refractivity contribution in [2.45, 2.75) is 13.3 Å². The van der Waals surface area contributed by atoms with Crippen LogP contribution in [0, 0.1) is 11.8 Å². The molecule has 1 fully saturated rings. The Labute approximate surface area is 143 Å². The highest BCUT2D eigenvalue weighted by atomic mass is 16.5. The van der Waals surface area contributed by atoms with Gasteiger partial charge in [-0.1, -0.05) is 19.1 Å². The molecule has 6 heteroatoms. The summed E-state index contributed by atoms with van der Waals surface area (Å²) in [4.78, 5) is 18.3. The SMILES string of the molecule is CN=C(NCCc1ccc(OC)cc1)N1CC(C)C(C(=O)OC)C1. The fraction of sp³-hybridized carbons (Fsp3) is 0.556. The Hall–Kier alpha value is -2.24. The predicted octanol–water partition coefficient (Wildman–Crippen LogP) is 1.55. The zero-order valence-electron chi connectivity index (χ0n) is 14.9. The van der Waals surface area contributed by atoms with Crippen LogP contribution in [0.4, 0.5) is 0 Å². The van der Waals surface area contributed by atoms with Crippen LogP contribution in [-0.4, -0.2) is 57.7 Å². The normalized spacial score (nSPS) is 20.8. The van der Waals surface area contributed by atoms with Gasteiger partial charge in [0, 0.05) is 26.7 Å². The molecule has 132 valence electrons. The second-order valence-corrected chi connectivity index (χ2v) is 6.08. The molecular formula is C18H27N3O3. The third-order valence-electron chi connectivity index (χ3n) is 4.48. The third kappa shape index (κ3) is 4.40. The summed E-state index contributed by atoms with van der Waals surface area (Å²) in [6.07, 6.45) is 0.896. The number of ether oxygens (including phenoxy) is 2. The lowest BCUT2D eigenvalue weighted by Crippen LogP contribution is -2.41. The van der Waals surface area contributed by atoms with E-state index < -0.39 is 0 Å². The monoisotopic (exact) mass is 333 g/mol. The first-order valence-corrected chi connectivity index (χ1v) is 8.25. The van der Waals surface area contributed by atoms with Crippen molar-refractivity contribution in [3.8, 4) is 5.75 Å². The summed E-state index contributed by atoms with van der Waals surface area (Å²) in [7, 11) is 4.88. The van der Waals surface area contributed by atoms with Crippen molar-refractivity contribution in [1.29, 1.82) is 0 Å². The lowest BCUT2D eigenvalue weighted by Gasteiger charge is -2.21. The predicted molar refractivity (Wildman–Crippen MR) is 94.3 cm³/mol. The van der Waals surface area contributed by atoms with Gasteiger partial charge in [-0.25, -0.2) is 0 Å². The van der Waals surface area contributed by atoms with Gasteiger partial charge in [-0.15, -0.1) is 0 Å². The number of aliphatic imine (C=N–C) groups is 1. The molecule has 1 aromatic carbocycles. The van der Waals surface area contributed by atoms with E-state index in [1.807, 2.05) is 12.1 Å². The molecule has 0 amide bonds. The standard InChI is InChI=1S/C18H27N3O3/c1-13-11-21(12-16(13)17(22)24-4)18(19-2)20-10-9-14-5-7-15(23-3)8-6-14/h5-8,13,16H,9-12H2,1-4H3,(H,19,20). The van der Waals surface area contributed by atoms with E-state index >= 15 is 0 Å². The lowest BCUT2D eigenvalue weighted by molar-refractivity contribution is -0.145. The van der Waals surface area contributed by atoms with E-state index in [0.717, 1.165) is 31.2 Å². The minimum atomic E-state index is -0.140. The van der Waals surface area contributed by atoms with Gasteiger partial charge in [0.15, 0.2) is 5.96 Å². The number of nitrogens with one attached hydrogen (secondary N) is 1. The van der Waals surface area contributed by atoms with Crippen LogP contribution in [-0.2, 0) is 16.0 Å². The molecule has 1 aliphatic heterocycles. The Kier molecular flexibility index (Phi) is 6.46. The number of nitrogens with zero attached hydrogens (tertiary/aromatic N) is 2. The number of hydrogen-bond donors (Lipinski definition) is 1. The number of carbonyl (C=O) groups excluding carboxylic acids is 1. The zero-order valence-corrected chi connectivity index (χ0v) is 14.9. The molecule has 1 aromatic rings. The van der Waals surface area contributed by atoms with Gasteiger partial charge in [-0.05, 0) is 30.0 Å². The summed E-state index contributed by atoms with van der Waals surface area (Å²) < 4.78 is 10.1. The molecule has 1 N–H and O–H groups in total. The minimum Gasteiger partial charge on any atom is -0.497 e. The smallest absolute Gasteiger partial charge is 0.310 e. The maximum Gasteiger partial charge on any atom is 0.310 e. The van der Waals surface area contributed by atoms with Gasteiger partial charge >= 0.3 is 5.97 Å². The van der Waals surface area contributed by atoms with Crippen molar-refractivity contribution in [3.63, 3.8) is 0 Å². The van der Waals surface area contributed by atoms with Crippen molar-refractivity contribution >= 4 is 11.9 Å². The molecule has 6 nitrogen and oxygen atoms in total. The van der Waals surface area contributed by atoms with Gasteiger partial charge in [0.25, 0.3) is 0 Å². The van der Waals surface area contributed by atoms with Crippen molar-refractivity contribution < 1.29 is 14.3 Å². The molecule has 1 saturated heterocycles. The maximum atomic E-state index is 11.8. The van der Waals surface area contributed by atoms with Crippen molar-refractivity contribution in [2.75, 3.05) is 40.9 Å². The second-order valence-electron chi connectivity index (χ2n) is 6.08. The number of likely N-dealkylation sites (tertiary alicyclic amines) is 1. The molecule has 0 aliphatic carbocycles. The average Bonchev–Trinajstić information content (AvgIpc) is 3.00. The first-order valence-electron chi connectivity index (χ1n) is 8.25. The van der Waals surface area contributed by atoms with Crippen LogP contribution in [0.2, 0.25) is 0 Å². The molecule has 1 heterocycles. The van der Waals surface area contributed by atoms with Crippen LogP contribution in [0.5, 0.6) is 5.75 Å². The van der Waals surface area contributed by atoms with Gasteiger partial charge in [-0.3, -0.25) is 9.79 Å². The molecule has 1 aliphatic rings. The largest absolute Gasteiger partial charge is 0.497 e. The highest BCUT2D eigenvalue weighted by Crippen LogP contribution is 2.24. The number of hydrogen-bond acceptors (Lipinski definition) is 4. The van der Waals surface area contributed by atoms with Crippen molar-refractivity contribution in [1.82, 2.24) is 10.2 Å². The molecule has 0 saturated carbocycles. The summed E-state index contributed by atoms with van der Waals surface area (Å²) in [6.45, 7) is 4.32. The second kappa shape index (κ2) is 8.57. The maximum absolute atomic E-state index is 11.8. The van der Waals surface area contributed by atoms with E-state index in [1.54, 1.807) is 14.2 Å². The van der Waals surface area contributed by atoms with Crippen LogP contribution in [0.1, 0.15) is 12.5 Å². The third-order valence-corrected chi connectivity index (χ3v) is 4.48. The Morgan fingerprint density at radius 2 is 2.00 bits per heavy atom. The molecule has 0 aromatic heterocycles. The summed E-state index contributed by atoms with van der Waals surface area (Å²) in [6, 6.07) is 8.06. The number of rotatable bonds is 5. The van der Waals surface area contributed by atoms with E-state index in [-0.39, 0.29) is 17.8 Å². The van der Waals surface area contributed by atoms with Crippen LogP contribution in [0.15, 0.2) is 29.3 Å². The van der Waals surface area contributed by atoms with Crippen molar-refractivity contribution in [2.24, 2.45) is 16.8 Å². The van der Waals surface area contributed by atoms with Gasteiger partial charge < -0.3 is 19.7 Å². The number of guanidine groups is 1. The minimum absolute atomic E-state index is 0.0878. The molecule has 24 heavy (non-hydrogen) atoms. The molecule has 2 atom stereocenters. The number of carbonyl (C=O) groups is 1. The topological polar surface area (TPSA) is 63.2 Å². The lowest BCUT2D eigenvalue weighted by atomic mass is 9.99.